The summed E-state index contributed by atoms with van der Waals surface area (Å²) in [6.45, 7) is 1.53. The van der Waals surface area contributed by atoms with Gasteiger partial charge in [-0.3, -0.25) is 0 Å². The summed E-state index contributed by atoms with van der Waals surface area (Å²) in [6.07, 6.45) is 0. The molecule has 0 aliphatic heterocycles. The maximum atomic E-state index is 12.8. The lowest BCUT2D eigenvalue weighted by molar-refractivity contribution is 0.497. The van der Waals surface area contributed by atoms with E-state index in [9.17, 15) is 8.78 Å². The summed E-state index contributed by atoms with van der Waals surface area (Å²) in [5.41, 5.74) is 0.308. The van der Waals surface area contributed by atoms with E-state index < -0.39 is 11.6 Å². The fraction of sp³-hybridized carbons (Fsp3) is 0.143. The van der Waals surface area contributed by atoms with Crippen LogP contribution in [0.25, 0.3) is 0 Å². The Balaban J connectivity index is 3.46. The molecule has 0 radical (unpaired) electrons. The Morgan fingerprint density at radius 1 is 1.36 bits per heavy atom. The highest BCUT2D eigenvalue weighted by atomic mass is 127. The molecule has 0 fully saturated rings. The van der Waals surface area contributed by atoms with Crippen molar-refractivity contribution in [2.24, 2.45) is 0 Å². The van der Waals surface area contributed by atoms with Crippen molar-refractivity contribution in [1.82, 2.24) is 0 Å². The van der Waals surface area contributed by atoms with Gasteiger partial charge in [0.1, 0.15) is 0 Å². The summed E-state index contributed by atoms with van der Waals surface area (Å²) in [6, 6.07) is 1.55. The second-order valence-electron chi connectivity index (χ2n) is 2.09. The highest BCUT2D eigenvalue weighted by Gasteiger charge is 2.11. The van der Waals surface area contributed by atoms with Gasteiger partial charge >= 0.3 is 0 Å². The molecule has 4 heteroatoms. The minimum atomic E-state index is -0.774. The van der Waals surface area contributed by atoms with E-state index in [1.165, 1.54) is 6.92 Å². The first-order valence-corrected chi connectivity index (χ1v) is 4.71. The van der Waals surface area contributed by atoms with E-state index in [0.29, 0.717) is 10.0 Å². The second kappa shape index (κ2) is 3.35. The normalized spacial score (nSPS) is 10.3. The largest absolute Gasteiger partial charge is 0.203 e. The zero-order valence-electron chi connectivity index (χ0n) is 5.59. The fourth-order valence-electron chi connectivity index (χ4n) is 0.657. The average Bonchev–Trinajstić information content (AvgIpc) is 1.97. The van der Waals surface area contributed by atoms with Gasteiger partial charge in [-0.25, -0.2) is 8.78 Å². The van der Waals surface area contributed by atoms with Gasteiger partial charge in [0.25, 0.3) is 0 Å². The molecular formula is C7H4BrF2I. The fourth-order valence-corrected chi connectivity index (χ4v) is 2.04. The van der Waals surface area contributed by atoms with E-state index >= 15 is 0 Å². The predicted octanol–water partition coefficient (Wildman–Crippen LogP) is 3.64. The van der Waals surface area contributed by atoms with Crippen molar-refractivity contribution >= 4 is 38.5 Å². The van der Waals surface area contributed by atoms with Gasteiger partial charge in [0.05, 0.1) is 3.57 Å². The lowest BCUT2D eigenvalue weighted by Gasteiger charge is -2.02. The minimum Gasteiger partial charge on any atom is -0.203 e. The van der Waals surface area contributed by atoms with Gasteiger partial charge in [0.2, 0.25) is 0 Å². The van der Waals surface area contributed by atoms with Crippen LogP contribution in [0.4, 0.5) is 8.78 Å². The van der Waals surface area contributed by atoms with Crippen LogP contribution in [-0.4, -0.2) is 0 Å². The van der Waals surface area contributed by atoms with E-state index in [1.807, 2.05) is 0 Å². The van der Waals surface area contributed by atoms with Crippen molar-refractivity contribution in [3.63, 3.8) is 0 Å². The second-order valence-corrected chi connectivity index (χ2v) is 4.11. The summed E-state index contributed by atoms with van der Waals surface area (Å²) < 4.78 is 26.5. The molecule has 1 aromatic carbocycles. The Kier molecular flexibility index (Phi) is 2.85. The number of hydrogen-bond acceptors (Lipinski definition) is 0. The first-order valence-electron chi connectivity index (χ1n) is 2.83. The zero-order chi connectivity index (χ0) is 8.59. The highest BCUT2D eigenvalue weighted by Crippen LogP contribution is 2.25. The Hall–Kier alpha value is 0.290. The molecule has 0 amide bonds. The van der Waals surface area contributed by atoms with E-state index in [4.69, 9.17) is 0 Å². The average molecular weight is 333 g/mol. The van der Waals surface area contributed by atoms with Crippen LogP contribution in [0.5, 0.6) is 0 Å². The number of halogens is 4. The minimum absolute atomic E-state index is 0.289. The molecule has 1 rings (SSSR count). The Morgan fingerprint density at radius 2 is 1.91 bits per heavy atom. The lowest BCUT2D eigenvalue weighted by atomic mass is 10.2. The van der Waals surface area contributed by atoms with Crippen molar-refractivity contribution in [3.05, 3.63) is 31.3 Å². The Labute approximate surface area is 85.3 Å². The summed E-state index contributed by atoms with van der Waals surface area (Å²) >= 11 is 4.87. The van der Waals surface area contributed by atoms with Gasteiger partial charge in [-0.1, -0.05) is 15.9 Å². The molecule has 0 atom stereocenters. The molecule has 0 nitrogen and oxygen atoms in total. The molecule has 0 bridgehead atoms. The number of benzene rings is 1. The van der Waals surface area contributed by atoms with Crippen molar-refractivity contribution < 1.29 is 8.78 Å². The molecule has 0 aliphatic rings. The van der Waals surface area contributed by atoms with Crippen LogP contribution in [-0.2, 0) is 0 Å². The third-order valence-electron chi connectivity index (χ3n) is 1.34. The predicted molar refractivity (Wildman–Crippen MR) is 51.5 cm³/mol. The van der Waals surface area contributed by atoms with Crippen LogP contribution in [0.1, 0.15) is 5.56 Å². The molecule has 60 valence electrons. The van der Waals surface area contributed by atoms with E-state index in [1.54, 1.807) is 28.7 Å². The molecule has 0 unspecified atom stereocenters. The highest BCUT2D eigenvalue weighted by molar-refractivity contribution is 14.1. The van der Waals surface area contributed by atoms with Gasteiger partial charge in [-0.15, -0.1) is 0 Å². The van der Waals surface area contributed by atoms with E-state index in [-0.39, 0.29) is 3.57 Å². The topological polar surface area (TPSA) is 0 Å². The third-order valence-corrected chi connectivity index (χ3v) is 2.95. The molecule has 0 heterocycles. The van der Waals surface area contributed by atoms with Gasteiger partial charge in [-0.2, -0.15) is 0 Å². The molecular weight excluding hydrogens is 329 g/mol. The van der Waals surface area contributed by atoms with Crippen molar-refractivity contribution in [2.45, 2.75) is 6.92 Å². The third kappa shape index (κ3) is 1.72. The van der Waals surface area contributed by atoms with Crippen LogP contribution in [0.3, 0.4) is 0 Å². The van der Waals surface area contributed by atoms with Crippen molar-refractivity contribution in [3.8, 4) is 0 Å². The molecule has 0 N–H and O–H groups in total. The van der Waals surface area contributed by atoms with Gasteiger partial charge in [0.15, 0.2) is 11.6 Å². The molecule has 0 saturated carbocycles. The standard InChI is InChI=1S/C7H4BrF2I/c1-3-4(8)2-5(11)7(10)6(3)9/h2H,1H3. The quantitative estimate of drug-likeness (QED) is 0.386. The maximum Gasteiger partial charge on any atom is 0.172 e. The van der Waals surface area contributed by atoms with E-state index in [2.05, 4.69) is 15.9 Å². The SMILES string of the molecule is Cc1c(Br)cc(I)c(F)c1F. The van der Waals surface area contributed by atoms with Gasteiger partial charge in [0, 0.05) is 10.0 Å². The van der Waals surface area contributed by atoms with Crippen LogP contribution < -0.4 is 0 Å². The molecule has 0 aliphatic carbocycles. The maximum absolute atomic E-state index is 12.8. The molecule has 11 heavy (non-hydrogen) atoms. The number of hydrogen-bond donors (Lipinski definition) is 0. The first-order chi connectivity index (χ1) is 5.04. The summed E-state index contributed by atoms with van der Waals surface area (Å²) in [5.74, 6) is -1.55. The van der Waals surface area contributed by atoms with Crippen molar-refractivity contribution in [1.29, 1.82) is 0 Å². The zero-order valence-corrected chi connectivity index (χ0v) is 9.33. The molecule has 0 aromatic heterocycles. The summed E-state index contributed by atoms with van der Waals surface area (Å²) in [5, 5.41) is 0. The van der Waals surface area contributed by atoms with E-state index in [0.717, 1.165) is 0 Å². The Bertz CT molecular complexity index is 273. The van der Waals surface area contributed by atoms with Crippen LogP contribution in [0.15, 0.2) is 10.5 Å². The van der Waals surface area contributed by atoms with Gasteiger partial charge < -0.3 is 0 Å². The van der Waals surface area contributed by atoms with Crippen LogP contribution in [0.2, 0.25) is 0 Å². The number of rotatable bonds is 0. The first kappa shape index (κ1) is 9.38. The van der Waals surface area contributed by atoms with Crippen LogP contribution >= 0.6 is 38.5 Å². The summed E-state index contributed by atoms with van der Waals surface area (Å²) in [7, 11) is 0. The van der Waals surface area contributed by atoms with Gasteiger partial charge in [-0.05, 0) is 35.6 Å². The molecule has 1 aromatic rings. The van der Waals surface area contributed by atoms with Crippen LogP contribution in [0, 0.1) is 22.1 Å². The smallest absolute Gasteiger partial charge is 0.172 e. The summed E-state index contributed by atoms with van der Waals surface area (Å²) in [4.78, 5) is 0. The lowest BCUT2D eigenvalue weighted by Crippen LogP contribution is -1.93. The molecule has 0 spiro atoms. The van der Waals surface area contributed by atoms with Crippen molar-refractivity contribution in [2.75, 3.05) is 0 Å². The Morgan fingerprint density at radius 3 is 2.45 bits per heavy atom. The molecule has 0 saturated heterocycles. The monoisotopic (exact) mass is 332 g/mol.